The minimum Gasteiger partial charge on any atom is -0.362 e. The van der Waals surface area contributed by atoms with Crippen molar-refractivity contribution in [1.29, 1.82) is 0 Å². The fraction of sp³-hybridized carbons (Fsp3) is 0.571. The van der Waals surface area contributed by atoms with Crippen molar-refractivity contribution in [2.24, 2.45) is 5.92 Å². The molecule has 0 spiro atoms. The third-order valence-corrected chi connectivity index (χ3v) is 4.19. The Hall–Kier alpha value is -0.390. The van der Waals surface area contributed by atoms with Crippen LogP contribution in [0, 0.1) is 5.92 Å². The molecule has 1 aromatic carbocycles. The zero-order valence-corrected chi connectivity index (χ0v) is 10.8. The maximum Gasteiger partial charge on any atom is 0.0533 e. The Labute approximate surface area is 100 Å². The van der Waals surface area contributed by atoms with Gasteiger partial charge >= 0.3 is 0 Å². The lowest BCUT2D eigenvalue weighted by atomic mass is 9.90. The molecule has 1 fully saturated rings. The van der Waals surface area contributed by atoms with Crippen LogP contribution < -0.4 is 0 Å². The molecule has 0 N–H and O–H groups in total. The summed E-state index contributed by atoms with van der Waals surface area (Å²) in [6, 6.07) is 10.6. The van der Waals surface area contributed by atoms with E-state index < -0.39 is 0 Å². The first kappa shape index (κ1) is 12.1. The number of rotatable bonds is 5. The second-order valence-electron chi connectivity index (χ2n) is 4.62. The summed E-state index contributed by atoms with van der Waals surface area (Å²) in [5.74, 6) is 0.844. The van der Waals surface area contributed by atoms with Crippen LogP contribution in [0.1, 0.15) is 37.7 Å². The zero-order chi connectivity index (χ0) is 11.1. The van der Waals surface area contributed by atoms with E-state index in [-0.39, 0.29) is 0 Å². The molecule has 88 valence electrons. The molecule has 0 amide bonds. The zero-order valence-electron chi connectivity index (χ0n) is 9.82. The Kier molecular flexibility index (Phi) is 5.31. The molecule has 1 atom stereocenters. The number of hydrogen-bond acceptors (Lipinski definition) is 1. The van der Waals surface area contributed by atoms with Gasteiger partial charge in [0.05, 0.1) is 6.61 Å². The summed E-state index contributed by atoms with van der Waals surface area (Å²) in [7, 11) is 0.634. The van der Waals surface area contributed by atoms with Crippen molar-refractivity contribution < 1.29 is 4.52 Å². The van der Waals surface area contributed by atoms with E-state index >= 15 is 0 Å². The van der Waals surface area contributed by atoms with Crippen LogP contribution in [0.25, 0.3) is 0 Å². The van der Waals surface area contributed by atoms with Gasteiger partial charge in [0, 0.05) is 15.0 Å². The van der Waals surface area contributed by atoms with Crippen molar-refractivity contribution >= 4 is 8.81 Å². The summed E-state index contributed by atoms with van der Waals surface area (Å²) in [6.07, 6.45) is 8.10. The molecule has 0 saturated heterocycles. The summed E-state index contributed by atoms with van der Waals surface area (Å²) in [6.45, 7) is 0.991. The van der Waals surface area contributed by atoms with Crippen molar-refractivity contribution in [2.45, 2.75) is 38.3 Å². The van der Waals surface area contributed by atoms with Crippen LogP contribution in [0.5, 0.6) is 0 Å². The van der Waals surface area contributed by atoms with Crippen LogP contribution in [0.15, 0.2) is 30.3 Å². The number of benzene rings is 1. The quantitative estimate of drug-likeness (QED) is 0.544. The van der Waals surface area contributed by atoms with Gasteiger partial charge in [-0.05, 0) is 24.3 Å². The Morgan fingerprint density at radius 1 is 1.06 bits per heavy atom. The summed E-state index contributed by atoms with van der Waals surface area (Å²) < 4.78 is 5.80. The minimum absolute atomic E-state index is 0.634. The second-order valence-corrected chi connectivity index (χ2v) is 5.55. The second kappa shape index (κ2) is 7.04. The van der Waals surface area contributed by atoms with Gasteiger partial charge < -0.3 is 4.52 Å². The molecule has 1 nitrogen and oxygen atoms in total. The summed E-state index contributed by atoms with van der Waals surface area (Å²) in [4.78, 5) is 0. The lowest BCUT2D eigenvalue weighted by molar-refractivity contribution is 0.229. The normalized spacial score (nSPS) is 18.2. The van der Waals surface area contributed by atoms with Gasteiger partial charge in [-0.2, -0.15) is 0 Å². The van der Waals surface area contributed by atoms with Gasteiger partial charge in [0.2, 0.25) is 0 Å². The van der Waals surface area contributed by atoms with Gasteiger partial charge in [0.1, 0.15) is 0 Å². The first-order valence-corrected chi connectivity index (χ1v) is 7.45. The molecule has 0 heterocycles. The first-order valence-electron chi connectivity index (χ1n) is 6.34. The Bertz CT molecular complexity index is 280. The molecule has 1 aromatic rings. The molecule has 1 aliphatic carbocycles. The third-order valence-electron chi connectivity index (χ3n) is 3.26. The average molecular weight is 236 g/mol. The van der Waals surface area contributed by atoms with Crippen molar-refractivity contribution in [3.05, 3.63) is 35.9 Å². The smallest absolute Gasteiger partial charge is 0.0533 e. The van der Waals surface area contributed by atoms with Gasteiger partial charge in [-0.3, -0.25) is 0 Å². The lowest BCUT2D eigenvalue weighted by Crippen LogP contribution is -2.10. The van der Waals surface area contributed by atoms with Gasteiger partial charge in [-0.15, -0.1) is 0 Å². The molecular weight excluding hydrogens is 215 g/mol. The fourth-order valence-electron chi connectivity index (χ4n) is 2.26. The van der Waals surface area contributed by atoms with Crippen LogP contribution in [-0.2, 0) is 10.7 Å². The van der Waals surface area contributed by atoms with Crippen LogP contribution in [-0.4, -0.2) is 6.61 Å². The molecular formula is C14H21OP. The highest BCUT2D eigenvalue weighted by Crippen LogP contribution is 2.27. The summed E-state index contributed by atoms with van der Waals surface area (Å²) in [5, 5.41) is 0. The van der Waals surface area contributed by atoms with E-state index in [4.69, 9.17) is 4.52 Å². The van der Waals surface area contributed by atoms with Gasteiger partial charge in [0.15, 0.2) is 0 Å². The Balaban J connectivity index is 1.58. The van der Waals surface area contributed by atoms with E-state index in [1.807, 2.05) is 0 Å². The third kappa shape index (κ3) is 4.23. The molecule has 2 rings (SSSR count). The van der Waals surface area contributed by atoms with Gasteiger partial charge in [0.25, 0.3) is 0 Å². The maximum absolute atomic E-state index is 5.80. The van der Waals surface area contributed by atoms with Crippen molar-refractivity contribution in [3.8, 4) is 0 Å². The topological polar surface area (TPSA) is 9.23 Å². The Morgan fingerprint density at radius 3 is 2.56 bits per heavy atom. The molecule has 1 unspecified atom stereocenters. The molecule has 0 aliphatic heterocycles. The maximum atomic E-state index is 5.80. The van der Waals surface area contributed by atoms with E-state index in [1.54, 1.807) is 0 Å². The van der Waals surface area contributed by atoms with Gasteiger partial charge in [-0.25, -0.2) is 0 Å². The molecule has 1 aliphatic rings. The largest absolute Gasteiger partial charge is 0.362 e. The van der Waals surface area contributed by atoms with Crippen molar-refractivity contribution in [1.82, 2.24) is 0 Å². The van der Waals surface area contributed by atoms with E-state index in [0.717, 1.165) is 18.7 Å². The van der Waals surface area contributed by atoms with E-state index in [9.17, 15) is 0 Å². The molecule has 0 bridgehead atoms. The van der Waals surface area contributed by atoms with E-state index in [2.05, 4.69) is 30.3 Å². The summed E-state index contributed by atoms with van der Waals surface area (Å²) >= 11 is 0. The average Bonchev–Trinajstić information content (AvgIpc) is 2.37. The lowest BCUT2D eigenvalue weighted by Gasteiger charge is -2.21. The van der Waals surface area contributed by atoms with Crippen LogP contribution in [0.4, 0.5) is 0 Å². The molecule has 2 heteroatoms. The van der Waals surface area contributed by atoms with Crippen LogP contribution in [0.3, 0.4) is 0 Å². The van der Waals surface area contributed by atoms with E-state index in [1.165, 1.54) is 37.7 Å². The monoisotopic (exact) mass is 236 g/mol. The van der Waals surface area contributed by atoms with Gasteiger partial charge in [-0.1, -0.05) is 49.6 Å². The fourth-order valence-corrected chi connectivity index (χ4v) is 3.12. The molecule has 0 aromatic heterocycles. The minimum atomic E-state index is 0.634. The number of hydrogen-bond donors (Lipinski definition) is 0. The highest BCUT2D eigenvalue weighted by Gasteiger charge is 2.12. The highest BCUT2D eigenvalue weighted by molar-refractivity contribution is 7.31. The highest BCUT2D eigenvalue weighted by atomic mass is 31.1. The predicted molar refractivity (Wildman–Crippen MR) is 71.0 cm³/mol. The predicted octanol–water partition coefficient (Wildman–Crippen LogP) is 4.38. The van der Waals surface area contributed by atoms with Crippen LogP contribution >= 0.6 is 8.81 Å². The Morgan fingerprint density at radius 2 is 1.81 bits per heavy atom. The molecule has 16 heavy (non-hydrogen) atoms. The molecule has 0 radical (unpaired) electrons. The summed E-state index contributed by atoms with van der Waals surface area (Å²) in [5.41, 5.74) is 1.39. The first-order chi connectivity index (χ1) is 7.95. The van der Waals surface area contributed by atoms with Crippen molar-refractivity contribution in [2.75, 3.05) is 6.61 Å². The van der Waals surface area contributed by atoms with Crippen molar-refractivity contribution in [3.63, 3.8) is 0 Å². The van der Waals surface area contributed by atoms with Crippen LogP contribution in [0.2, 0.25) is 0 Å². The molecule has 1 saturated carbocycles. The van der Waals surface area contributed by atoms with E-state index in [0.29, 0.717) is 8.81 Å². The standard InChI is InChI=1S/C14H21OP/c1-3-7-13(8-4-1)11-15-16-12-14-9-5-2-6-10-14/h2,5-6,9-10,13,16H,1,3-4,7-8,11-12H2. The SMILES string of the molecule is c1ccc(CPOCC2CCCCC2)cc1.